The molecule has 0 unspecified atom stereocenters. The van der Waals surface area contributed by atoms with Crippen LogP contribution in [-0.4, -0.2) is 39.1 Å². The van der Waals surface area contributed by atoms with E-state index in [0.29, 0.717) is 6.54 Å². The molecule has 0 aliphatic heterocycles. The van der Waals surface area contributed by atoms with Gasteiger partial charge in [-0.15, -0.1) is 0 Å². The first kappa shape index (κ1) is 12.2. The Bertz CT molecular complexity index is 159. The second kappa shape index (κ2) is 5.07. The van der Waals surface area contributed by atoms with Crippen molar-refractivity contribution in [2.45, 2.75) is 34.6 Å². The summed E-state index contributed by atoms with van der Waals surface area (Å²) in [7, 11) is 0. The summed E-state index contributed by atoms with van der Waals surface area (Å²) >= 11 is -2.58. The van der Waals surface area contributed by atoms with E-state index in [1.165, 1.54) is 0 Å². The topological polar surface area (TPSA) is 40.5 Å². The molecule has 12 heavy (non-hydrogen) atoms. The number of amides is 1. The fourth-order valence-corrected chi connectivity index (χ4v) is 7.85. The first-order valence-electron chi connectivity index (χ1n) is 4.46. The molecule has 0 aliphatic carbocycles. The van der Waals surface area contributed by atoms with E-state index in [4.69, 9.17) is 0 Å². The summed E-state index contributed by atoms with van der Waals surface area (Å²) in [5, 5.41) is 10.1. The molecule has 0 aromatic heterocycles. The number of nitrogens with zero attached hydrogens (tertiary/aromatic N) is 1. The maximum atomic E-state index is 11.6. The first-order chi connectivity index (χ1) is 5.45. The third-order valence-electron chi connectivity index (χ3n) is 1.99. The molecule has 0 aromatic rings. The third-order valence-corrected chi connectivity index (χ3v) is 11.0. The molecule has 0 atom stereocenters. The Morgan fingerprint density at radius 1 is 1.42 bits per heavy atom. The fourth-order valence-electron chi connectivity index (χ4n) is 1.22. The third kappa shape index (κ3) is 3.31. The Morgan fingerprint density at radius 2 is 1.92 bits per heavy atom. The summed E-state index contributed by atoms with van der Waals surface area (Å²) in [4.78, 5) is 15.7. The van der Waals surface area contributed by atoms with Crippen molar-refractivity contribution in [2.75, 3.05) is 6.54 Å². The minimum absolute atomic E-state index is 0.0219. The van der Waals surface area contributed by atoms with E-state index in [-0.39, 0.29) is 3.92 Å². The molecule has 0 fully saturated rings. The van der Waals surface area contributed by atoms with E-state index in [9.17, 15) is 10.0 Å². The zero-order valence-electron chi connectivity index (χ0n) is 8.42. The molecule has 4 heteroatoms. The Labute approximate surface area is 78.6 Å². The van der Waals surface area contributed by atoms with Crippen molar-refractivity contribution in [3.05, 3.63) is 0 Å². The van der Waals surface area contributed by atoms with Gasteiger partial charge in [-0.05, 0) is 0 Å². The summed E-state index contributed by atoms with van der Waals surface area (Å²) in [5.74, 6) is 0. The normalized spacial score (nSPS) is 11.4. The second-order valence-corrected chi connectivity index (χ2v) is 17.1. The predicted molar refractivity (Wildman–Crippen MR) is 52.1 cm³/mol. The number of carbonyl (C=O) groups excluding carboxylic acids is 1. The average Bonchev–Trinajstić information content (AvgIpc) is 2.01. The molecule has 0 aromatic carbocycles. The summed E-state index contributed by atoms with van der Waals surface area (Å²) in [5.41, 5.74) is 0. The number of rotatable bonds is 4. The molecule has 3 nitrogen and oxygen atoms in total. The molecule has 1 N–H and O–H groups in total. The van der Waals surface area contributed by atoms with E-state index in [1.54, 1.807) is 6.92 Å². The van der Waals surface area contributed by atoms with Gasteiger partial charge in [0.1, 0.15) is 0 Å². The molecule has 0 heterocycles. The van der Waals surface area contributed by atoms with Crippen molar-refractivity contribution in [3.63, 3.8) is 0 Å². The number of hydrogen-bond acceptors (Lipinski definition) is 2. The predicted octanol–water partition coefficient (Wildman–Crippen LogP) is 2.52. The zero-order chi connectivity index (χ0) is 9.78. The van der Waals surface area contributed by atoms with Crippen LogP contribution in [0.15, 0.2) is 0 Å². The van der Waals surface area contributed by atoms with E-state index in [0.717, 1.165) is 15.9 Å². The van der Waals surface area contributed by atoms with Crippen molar-refractivity contribution in [1.82, 2.24) is 5.06 Å². The van der Waals surface area contributed by atoms with Crippen molar-refractivity contribution < 1.29 is 10.0 Å². The van der Waals surface area contributed by atoms with Crippen LogP contribution in [0.4, 0.5) is 4.79 Å². The van der Waals surface area contributed by atoms with Crippen LogP contribution in [0.25, 0.3) is 0 Å². The van der Waals surface area contributed by atoms with Gasteiger partial charge in [-0.3, -0.25) is 0 Å². The number of carbonyl (C=O) groups is 1. The average molecular weight is 280 g/mol. The van der Waals surface area contributed by atoms with Crippen LogP contribution in [-0.2, 0) is 0 Å². The van der Waals surface area contributed by atoms with E-state index in [1.807, 2.05) is 0 Å². The number of hydrogen-bond donors (Lipinski definition) is 1. The van der Waals surface area contributed by atoms with E-state index < -0.39 is 18.4 Å². The maximum absolute atomic E-state index is 11.6. The molecule has 1 amide bonds. The van der Waals surface area contributed by atoms with Gasteiger partial charge < -0.3 is 0 Å². The van der Waals surface area contributed by atoms with Gasteiger partial charge >= 0.3 is 78.5 Å². The fraction of sp³-hybridized carbons (Fsp3) is 0.875. The SMILES string of the molecule is CC[CH2][Sn]([CH3])([CH3])[C](=O)N(O)CC. The molecule has 0 aliphatic rings. The molecular formula is C8H19NO2Sn. The van der Waals surface area contributed by atoms with Crippen molar-refractivity contribution in [2.24, 2.45) is 0 Å². The molecule has 0 rings (SSSR count). The Kier molecular flexibility index (Phi) is 5.16. The van der Waals surface area contributed by atoms with Gasteiger partial charge in [-0.2, -0.15) is 0 Å². The first-order valence-corrected chi connectivity index (χ1v) is 13.6. The van der Waals surface area contributed by atoms with Crippen molar-refractivity contribution >= 4 is 22.3 Å². The molecule has 0 saturated heterocycles. The summed E-state index contributed by atoms with van der Waals surface area (Å²) < 4.78 is 1.04. The summed E-state index contributed by atoms with van der Waals surface area (Å²) in [6.45, 7) is 4.27. The van der Waals surface area contributed by atoms with Crippen LogP contribution in [0.2, 0.25) is 14.3 Å². The molecule has 72 valence electrons. The van der Waals surface area contributed by atoms with E-state index >= 15 is 0 Å². The Hall–Kier alpha value is 0.229. The molecular weight excluding hydrogens is 261 g/mol. The van der Waals surface area contributed by atoms with Gasteiger partial charge in [0, 0.05) is 0 Å². The second-order valence-electron chi connectivity index (χ2n) is 3.65. The minimum atomic E-state index is -2.58. The molecule has 0 bridgehead atoms. The van der Waals surface area contributed by atoms with Crippen LogP contribution < -0.4 is 0 Å². The standard InChI is InChI=1S/C3H6NO2.C3H7.2CH3.Sn/c1-2-4(6)3-5;1-3-2;;;/h6H,2H2,1H3;1,3H2,2H3;2*1H3;. The van der Waals surface area contributed by atoms with Crippen molar-refractivity contribution in [3.8, 4) is 0 Å². The van der Waals surface area contributed by atoms with Crippen LogP contribution in [0.3, 0.4) is 0 Å². The van der Waals surface area contributed by atoms with Gasteiger partial charge in [-0.1, -0.05) is 0 Å². The summed E-state index contributed by atoms with van der Waals surface area (Å²) in [6.07, 6.45) is 1.05. The quantitative estimate of drug-likeness (QED) is 0.488. The number of hydroxylamine groups is 2. The van der Waals surface area contributed by atoms with Crippen LogP contribution >= 0.6 is 0 Å². The van der Waals surface area contributed by atoms with Gasteiger partial charge in [0.2, 0.25) is 0 Å². The monoisotopic (exact) mass is 281 g/mol. The van der Waals surface area contributed by atoms with Crippen LogP contribution in [0.5, 0.6) is 0 Å². The van der Waals surface area contributed by atoms with Gasteiger partial charge in [0.15, 0.2) is 0 Å². The van der Waals surface area contributed by atoms with Crippen molar-refractivity contribution in [1.29, 1.82) is 0 Å². The Morgan fingerprint density at radius 3 is 2.25 bits per heavy atom. The van der Waals surface area contributed by atoms with Gasteiger partial charge in [-0.25, -0.2) is 0 Å². The molecule has 0 radical (unpaired) electrons. The Balaban J connectivity index is 4.24. The van der Waals surface area contributed by atoms with Gasteiger partial charge in [0.05, 0.1) is 0 Å². The van der Waals surface area contributed by atoms with Crippen LogP contribution in [0, 0.1) is 0 Å². The molecule has 0 saturated carbocycles. The van der Waals surface area contributed by atoms with E-state index in [2.05, 4.69) is 16.8 Å². The van der Waals surface area contributed by atoms with Gasteiger partial charge in [0.25, 0.3) is 0 Å². The molecule has 0 spiro atoms. The van der Waals surface area contributed by atoms with Crippen LogP contribution in [0.1, 0.15) is 20.3 Å². The summed E-state index contributed by atoms with van der Waals surface area (Å²) in [6, 6.07) is 0. The zero-order valence-corrected chi connectivity index (χ0v) is 11.3.